The number of phenolic OH excluding ortho intramolecular Hbond substituents is 1. The molecule has 0 unspecified atom stereocenters. The first kappa shape index (κ1) is 25.5. The molecular weight excluding hydrogens is 484 g/mol. The molecule has 2 atom stereocenters. The number of hydrogen-bond acceptors (Lipinski definition) is 8. The second kappa shape index (κ2) is 10.7. The van der Waals surface area contributed by atoms with Crippen molar-refractivity contribution in [2.45, 2.75) is 38.9 Å². The molecule has 0 aliphatic carbocycles. The van der Waals surface area contributed by atoms with Crippen LogP contribution in [0.1, 0.15) is 30.0 Å². The second-order valence-electron chi connectivity index (χ2n) is 9.34. The Bertz CT molecular complexity index is 1500. The predicted molar refractivity (Wildman–Crippen MR) is 146 cm³/mol. The lowest BCUT2D eigenvalue weighted by molar-refractivity contribution is 0.0515. The van der Waals surface area contributed by atoms with Crippen LogP contribution in [0, 0.1) is 6.92 Å². The van der Waals surface area contributed by atoms with Gasteiger partial charge in [-0.25, -0.2) is 14.5 Å². The number of nitrogens with one attached hydrogen (secondary N) is 1. The molecule has 10 heteroatoms. The van der Waals surface area contributed by atoms with Crippen LogP contribution in [0.25, 0.3) is 16.6 Å². The van der Waals surface area contributed by atoms with Crippen LogP contribution in [0.15, 0.2) is 53.9 Å². The number of ether oxygens (including phenoxy) is 2. The zero-order chi connectivity index (χ0) is 26.8. The summed E-state index contributed by atoms with van der Waals surface area (Å²) in [6.07, 6.45) is 5.83. The lowest BCUT2D eigenvalue weighted by atomic mass is 10.1. The van der Waals surface area contributed by atoms with Gasteiger partial charge in [0.25, 0.3) is 0 Å². The van der Waals surface area contributed by atoms with E-state index in [-0.39, 0.29) is 17.7 Å². The number of amidine groups is 1. The van der Waals surface area contributed by atoms with Crippen molar-refractivity contribution in [2.24, 2.45) is 10.7 Å². The average Bonchev–Trinajstić information content (AvgIpc) is 3.53. The maximum absolute atomic E-state index is 10.3. The van der Waals surface area contributed by atoms with Crippen LogP contribution in [-0.2, 0) is 11.2 Å². The molecule has 3 aromatic heterocycles. The molecule has 5 rings (SSSR count). The van der Waals surface area contributed by atoms with Gasteiger partial charge < -0.3 is 30.7 Å². The van der Waals surface area contributed by atoms with Crippen molar-refractivity contribution in [2.75, 3.05) is 25.6 Å². The molecule has 10 nitrogen and oxygen atoms in total. The topological polar surface area (TPSA) is 140 Å². The maximum atomic E-state index is 10.3. The summed E-state index contributed by atoms with van der Waals surface area (Å²) in [4.78, 5) is 9.06. The summed E-state index contributed by atoms with van der Waals surface area (Å²) in [6, 6.07) is 8.94. The number of rotatable bonds is 8. The number of fused-ring (bicyclic) bond motifs is 1. The fraction of sp³-hybridized carbons (Fsp3) is 0.321. The highest BCUT2D eigenvalue weighted by atomic mass is 16.5. The van der Waals surface area contributed by atoms with Gasteiger partial charge in [-0.05, 0) is 55.2 Å². The second-order valence-corrected chi connectivity index (χ2v) is 9.34. The van der Waals surface area contributed by atoms with E-state index in [1.165, 1.54) is 0 Å². The van der Waals surface area contributed by atoms with E-state index in [0.29, 0.717) is 43.1 Å². The van der Waals surface area contributed by atoms with E-state index in [2.05, 4.69) is 15.4 Å². The summed E-state index contributed by atoms with van der Waals surface area (Å²) in [5, 5.41) is 28.2. The largest absolute Gasteiger partial charge is 0.508 e. The first-order valence-corrected chi connectivity index (χ1v) is 12.6. The number of aryl methyl sites for hydroxylation is 2. The minimum absolute atomic E-state index is 0.184. The Labute approximate surface area is 220 Å². The first-order valence-electron chi connectivity index (χ1n) is 12.6. The number of aliphatic hydroxyl groups excluding tert-OH is 1. The van der Waals surface area contributed by atoms with Gasteiger partial charge in [-0.1, -0.05) is 6.92 Å². The fourth-order valence-electron chi connectivity index (χ4n) is 4.72. The molecule has 1 aliphatic heterocycles. The molecule has 0 saturated carbocycles. The number of hydrogen-bond donors (Lipinski definition) is 4. The SMILES string of the molecule is CCc1cc(O)ccc1/N=C(\N)c1cnn2cc(-c3cnc(OC)cc3C)cc2c1NC[C@@H]1OCC[C@H]1O. The number of nitrogens with two attached hydrogens (primary N) is 1. The zero-order valence-electron chi connectivity index (χ0n) is 21.7. The molecule has 1 saturated heterocycles. The molecule has 38 heavy (non-hydrogen) atoms. The third kappa shape index (κ3) is 5.00. The van der Waals surface area contributed by atoms with Crippen molar-refractivity contribution < 1.29 is 19.7 Å². The highest BCUT2D eigenvalue weighted by Gasteiger charge is 2.27. The normalized spacial score (nSPS) is 17.7. The van der Waals surface area contributed by atoms with Crippen molar-refractivity contribution >= 4 is 22.7 Å². The lowest BCUT2D eigenvalue weighted by Crippen LogP contribution is -2.30. The van der Waals surface area contributed by atoms with Crippen molar-refractivity contribution in [1.82, 2.24) is 14.6 Å². The molecule has 1 aliphatic rings. The minimum atomic E-state index is -0.533. The number of anilines is 1. The molecule has 0 spiro atoms. The minimum Gasteiger partial charge on any atom is -0.508 e. The van der Waals surface area contributed by atoms with Crippen molar-refractivity contribution in [3.8, 4) is 22.8 Å². The monoisotopic (exact) mass is 516 g/mol. The summed E-state index contributed by atoms with van der Waals surface area (Å²) in [6.45, 7) is 4.92. The standard InChI is InChI=1S/C28H32N6O4/c1-4-17-10-19(35)5-6-22(17)33-28(29)21-13-32-34-15-18(20-12-30-26(37-3)9-16(20)2)11-23(34)27(21)31-14-25-24(36)7-8-38-25/h5-6,9-13,15,24-25,31,35-36H,4,7-8,14H2,1-3H3,(H2,29,33)/t24-,25+/m1/s1. The molecule has 5 N–H and O–H groups in total. The number of benzene rings is 1. The third-order valence-electron chi connectivity index (χ3n) is 6.86. The number of aliphatic imine (C=N–C) groups is 1. The van der Waals surface area contributed by atoms with E-state index in [4.69, 9.17) is 20.2 Å². The Morgan fingerprint density at radius 2 is 2.13 bits per heavy atom. The smallest absolute Gasteiger partial charge is 0.213 e. The zero-order valence-corrected chi connectivity index (χ0v) is 21.7. The van der Waals surface area contributed by atoms with Crippen molar-refractivity contribution in [3.05, 3.63) is 65.6 Å². The molecule has 4 heterocycles. The molecule has 0 bridgehead atoms. The Morgan fingerprint density at radius 3 is 2.84 bits per heavy atom. The van der Waals surface area contributed by atoms with Gasteiger partial charge in [0.1, 0.15) is 17.7 Å². The average molecular weight is 517 g/mol. The number of phenols is 1. The van der Waals surface area contributed by atoms with Crippen LogP contribution < -0.4 is 15.8 Å². The van der Waals surface area contributed by atoms with Gasteiger partial charge >= 0.3 is 0 Å². The van der Waals surface area contributed by atoms with Gasteiger partial charge in [-0.3, -0.25) is 0 Å². The number of pyridine rings is 1. The van der Waals surface area contributed by atoms with Crippen LogP contribution >= 0.6 is 0 Å². The molecule has 4 aromatic rings. The quantitative estimate of drug-likeness (QED) is 0.206. The highest BCUT2D eigenvalue weighted by Crippen LogP contribution is 2.32. The van der Waals surface area contributed by atoms with E-state index in [0.717, 1.165) is 33.5 Å². The van der Waals surface area contributed by atoms with E-state index < -0.39 is 6.10 Å². The van der Waals surface area contributed by atoms with Crippen molar-refractivity contribution in [3.63, 3.8) is 0 Å². The summed E-state index contributed by atoms with van der Waals surface area (Å²) in [5.74, 6) is 1.02. The predicted octanol–water partition coefficient (Wildman–Crippen LogP) is 3.58. The van der Waals surface area contributed by atoms with Crippen molar-refractivity contribution in [1.29, 1.82) is 0 Å². The molecular formula is C28H32N6O4. The van der Waals surface area contributed by atoms with Gasteiger partial charge in [-0.15, -0.1) is 0 Å². The van der Waals surface area contributed by atoms with Gasteiger partial charge in [0.2, 0.25) is 5.88 Å². The molecule has 198 valence electrons. The third-order valence-corrected chi connectivity index (χ3v) is 6.86. The van der Waals surface area contributed by atoms with Crippen LogP contribution in [0.4, 0.5) is 11.4 Å². The lowest BCUT2D eigenvalue weighted by Gasteiger charge is -2.18. The number of aromatic nitrogens is 3. The molecule has 0 radical (unpaired) electrons. The first-order chi connectivity index (χ1) is 18.4. The fourth-order valence-corrected chi connectivity index (χ4v) is 4.72. The Kier molecular flexibility index (Phi) is 7.17. The van der Waals surface area contributed by atoms with Gasteiger partial charge in [-0.2, -0.15) is 5.10 Å². The van der Waals surface area contributed by atoms with Gasteiger partial charge in [0, 0.05) is 42.7 Å². The van der Waals surface area contributed by atoms with E-state index >= 15 is 0 Å². The number of aliphatic hydroxyl groups is 1. The van der Waals surface area contributed by atoms with Crippen LogP contribution in [-0.4, -0.2) is 63.1 Å². The number of nitrogens with zero attached hydrogens (tertiary/aromatic N) is 4. The van der Waals surface area contributed by atoms with E-state index in [9.17, 15) is 10.2 Å². The summed E-state index contributed by atoms with van der Waals surface area (Å²) in [7, 11) is 1.59. The van der Waals surface area contributed by atoms with Gasteiger partial charge in [0.15, 0.2) is 0 Å². The van der Waals surface area contributed by atoms with Crippen LogP contribution in [0.5, 0.6) is 11.6 Å². The van der Waals surface area contributed by atoms with E-state index in [1.54, 1.807) is 42.2 Å². The summed E-state index contributed by atoms with van der Waals surface area (Å²) < 4.78 is 12.7. The summed E-state index contributed by atoms with van der Waals surface area (Å²) >= 11 is 0. The highest BCUT2D eigenvalue weighted by molar-refractivity contribution is 6.06. The Morgan fingerprint density at radius 1 is 1.29 bits per heavy atom. The van der Waals surface area contributed by atoms with E-state index in [1.807, 2.05) is 32.2 Å². The molecule has 0 amide bonds. The number of methoxy groups -OCH3 is 1. The Balaban J connectivity index is 1.60. The summed E-state index contributed by atoms with van der Waals surface area (Å²) in [5.41, 5.74) is 13.2. The molecule has 1 aromatic carbocycles. The molecule has 1 fully saturated rings. The Hall–Kier alpha value is -4.15. The number of aromatic hydroxyl groups is 1. The van der Waals surface area contributed by atoms with Gasteiger partial charge in [0.05, 0.1) is 41.9 Å². The van der Waals surface area contributed by atoms with Crippen LogP contribution in [0.2, 0.25) is 0 Å². The maximum Gasteiger partial charge on any atom is 0.213 e. The van der Waals surface area contributed by atoms with Crippen LogP contribution in [0.3, 0.4) is 0 Å².